The highest BCUT2D eigenvalue weighted by Gasteiger charge is 2.16. The van der Waals surface area contributed by atoms with Crippen molar-refractivity contribution in [3.8, 4) is 5.82 Å². The van der Waals surface area contributed by atoms with E-state index in [4.69, 9.17) is 0 Å². The van der Waals surface area contributed by atoms with Gasteiger partial charge in [-0.2, -0.15) is 4.39 Å². The standard InChI is InChI=1S/C12H5BrFN5O3/c13-7-4-19(11-9(7)10(14)16-5-17-11)8-3-6(1-2-15-8)12(20)22-18-21/h1-5H. The van der Waals surface area contributed by atoms with Crippen molar-refractivity contribution in [2.45, 2.75) is 0 Å². The average Bonchev–Trinajstić information content (AvgIpc) is 2.86. The number of pyridine rings is 1. The fourth-order valence-electron chi connectivity index (χ4n) is 1.92. The van der Waals surface area contributed by atoms with Gasteiger partial charge in [0.1, 0.15) is 12.1 Å². The first-order chi connectivity index (χ1) is 10.6. The summed E-state index contributed by atoms with van der Waals surface area (Å²) in [6.45, 7) is 0. The molecule has 0 atom stereocenters. The summed E-state index contributed by atoms with van der Waals surface area (Å²) >= 11 is 3.22. The van der Waals surface area contributed by atoms with Crippen molar-refractivity contribution in [2.75, 3.05) is 0 Å². The Bertz CT molecular complexity index is 898. The third-order valence-electron chi connectivity index (χ3n) is 2.84. The summed E-state index contributed by atoms with van der Waals surface area (Å²) in [6.07, 6.45) is 3.96. The van der Waals surface area contributed by atoms with Gasteiger partial charge in [-0.1, -0.05) is 0 Å². The van der Waals surface area contributed by atoms with Crippen molar-refractivity contribution in [3.63, 3.8) is 0 Å². The normalized spacial score (nSPS) is 10.6. The van der Waals surface area contributed by atoms with Gasteiger partial charge >= 0.3 is 5.97 Å². The zero-order valence-electron chi connectivity index (χ0n) is 10.6. The summed E-state index contributed by atoms with van der Waals surface area (Å²) in [5.74, 6) is -1.32. The molecule has 0 radical (unpaired) electrons. The van der Waals surface area contributed by atoms with Crippen molar-refractivity contribution in [2.24, 2.45) is 5.34 Å². The summed E-state index contributed by atoms with van der Waals surface area (Å²) in [5.41, 5.74) is 0.336. The van der Waals surface area contributed by atoms with Gasteiger partial charge in [0, 0.05) is 16.9 Å². The van der Waals surface area contributed by atoms with Crippen LogP contribution in [0.5, 0.6) is 0 Å². The highest BCUT2D eigenvalue weighted by atomic mass is 79.9. The van der Waals surface area contributed by atoms with E-state index in [1.807, 2.05) is 0 Å². The molecule has 0 saturated carbocycles. The lowest BCUT2D eigenvalue weighted by Gasteiger charge is -2.04. The van der Waals surface area contributed by atoms with Crippen molar-refractivity contribution in [3.05, 3.63) is 51.7 Å². The van der Waals surface area contributed by atoms with Crippen LogP contribution in [-0.2, 0) is 4.84 Å². The highest BCUT2D eigenvalue weighted by Crippen LogP contribution is 2.28. The average molecular weight is 366 g/mol. The van der Waals surface area contributed by atoms with Crippen molar-refractivity contribution < 1.29 is 14.0 Å². The number of fused-ring (bicyclic) bond motifs is 1. The summed E-state index contributed by atoms with van der Waals surface area (Å²) < 4.78 is 15.7. The molecule has 22 heavy (non-hydrogen) atoms. The topological polar surface area (TPSA) is 99.3 Å². The molecule has 0 fully saturated rings. The molecule has 0 aliphatic rings. The van der Waals surface area contributed by atoms with Crippen molar-refractivity contribution in [1.29, 1.82) is 0 Å². The van der Waals surface area contributed by atoms with Gasteiger partial charge in [0.15, 0.2) is 11.0 Å². The molecule has 0 bridgehead atoms. The van der Waals surface area contributed by atoms with Gasteiger partial charge in [0.05, 0.1) is 10.9 Å². The number of hydrogen-bond donors (Lipinski definition) is 0. The summed E-state index contributed by atoms with van der Waals surface area (Å²) in [4.78, 5) is 37.1. The van der Waals surface area contributed by atoms with E-state index in [0.29, 0.717) is 4.47 Å². The van der Waals surface area contributed by atoms with E-state index in [1.54, 1.807) is 0 Å². The Balaban J connectivity index is 2.16. The Hall–Kier alpha value is -2.75. The molecule has 0 saturated heterocycles. The summed E-state index contributed by atoms with van der Waals surface area (Å²) in [5, 5.41) is 2.26. The maximum Gasteiger partial charge on any atom is 0.369 e. The third kappa shape index (κ3) is 2.33. The van der Waals surface area contributed by atoms with Crippen LogP contribution in [0, 0.1) is 10.9 Å². The smallest absolute Gasteiger partial charge is 0.284 e. The van der Waals surface area contributed by atoms with Crippen LogP contribution in [0.15, 0.2) is 40.7 Å². The van der Waals surface area contributed by atoms with Gasteiger partial charge in [-0.3, -0.25) is 9.40 Å². The number of nitrogens with zero attached hydrogens (tertiary/aromatic N) is 5. The fourth-order valence-corrected chi connectivity index (χ4v) is 2.47. The van der Waals surface area contributed by atoms with Crippen molar-refractivity contribution in [1.82, 2.24) is 19.5 Å². The van der Waals surface area contributed by atoms with E-state index < -0.39 is 11.9 Å². The lowest BCUT2D eigenvalue weighted by atomic mass is 10.2. The Labute approximate surface area is 130 Å². The second-order valence-electron chi connectivity index (χ2n) is 4.07. The number of rotatable bonds is 3. The summed E-state index contributed by atoms with van der Waals surface area (Å²) in [7, 11) is 0. The van der Waals surface area contributed by atoms with Crippen LogP contribution < -0.4 is 0 Å². The maximum absolute atomic E-state index is 13.7. The molecule has 0 aromatic carbocycles. The third-order valence-corrected chi connectivity index (χ3v) is 3.44. The van der Waals surface area contributed by atoms with Gasteiger partial charge in [-0.05, 0) is 28.1 Å². The largest absolute Gasteiger partial charge is 0.369 e. The molecule has 8 nitrogen and oxygen atoms in total. The van der Waals surface area contributed by atoms with E-state index in [1.165, 1.54) is 29.1 Å². The predicted molar refractivity (Wildman–Crippen MR) is 75.5 cm³/mol. The van der Waals surface area contributed by atoms with Gasteiger partial charge < -0.3 is 0 Å². The molecule has 10 heteroatoms. The van der Waals surface area contributed by atoms with E-state index in [9.17, 15) is 14.1 Å². The molecular formula is C12H5BrFN5O3. The Kier molecular flexibility index (Phi) is 3.59. The van der Waals surface area contributed by atoms with Crippen LogP contribution in [-0.4, -0.2) is 25.5 Å². The SMILES string of the molecule is O=NOC(=O)c1ccnc(-n2cc(Br)c3c(F)ncnc32)c1. The molecular weight excluding hydrogens is 361 g/mol. The number of carbonyl (C=O) groups is 1. The zero-order chi connectivity index (χ0) is 15.7. The second-order valence-corrected chi connectivity index (χ2v) is 4.92. The lowest BCUT2D eigenvalue weighted by molar-refractivity contribution is 0.0508. The number of aromatic nitrogens is 4. The van der Waals surface area contributed by atoms with Crippen molar-refractivity contribution >= 4 is 32.9 Å². The summed E-state index contributed by atoms with van der Waals surface area (Å²) in [6, 6.07) is 2.72. The Morgan fingerprint density at radius 3 is 2.95 bits per heavy atom. The molecule has 3 aromatic heterocycles. The minimum absolute atomic E-state index is 0.0668. The van der Waals surface area contributed by atoms with E-state index in [0.717, 1.165) is 6.33 Å². The van der Waals surface area contributed by atoms with Gasteiger partial charge in [-0.25, -0.2) is 19.7 Å². The molecule has 0 spiro atoms. The predicted octanol–water partition coefficient (Wildman–Crippen LogP) is 2.56. The van der Waals surface area contributed by atoms with E-state index >= 15 is 0 Å². The fraction of sp³-hybridized carbons (Fsp3) is 0. The maximum atomic E-state index is 13.7. The minimum Gasteiger partial charge on any atom is -0.284 e. The highest BCUT2D eigenvalue weighted by molar-refractivity contribution is 9.10. The van der Waals surface area contributed by atoms with E-state index in [2.05, 4.69) is 41.1 Å². The minimum atomic E-state index is -0.921. The van der Waals surface area contributed by atoms with Gasteiger partial charge in [0.25, 0.3) is 0 Å². The molecule has 3 heterocycles. The lowest BCUT2D eigenvalue weighted by Crippen LogP contribution is -2.04. The van der Waals surface area contributed by atoms with Gasteiger partial charge in [0.2, 0.25) is 5.95 Å². The molecule has 3 rings (SSSR count). The Morgan fingerprint density at radius 2 is 2.18 bits per heavy atom. The van der Waals surface area contributed by atoms with Crippen LogP contribution in [0.1, 0.15) is 10.4 Å². The Morgan fingerprint density at radius 1 is 1.36 bits per heavy atom. The monoisotopic (exact) mass is 365 g/mol. The molecule has 0 aliphatic carbocycles. The van der Waals surface area contributed by atoms with E-state index in [-0.39, 0.29) is 22.4 Å². The first-order valence-corrected chi connectivity index (χ1v) is 6.58. The number of carbonyl (C=O) groups excluding carboxylic acids is 1. The van der Waals surface area contributed by atoms with Gasteiger partial charge in [-0.15, -0.1) is 4.91 Å². The molecule has 0 aliphatic heterocycles. The second kappa shape index (κ2) is 5.56. The van der Waals surface area contributed by atoms with Crippen LogP contribution in [0.2, 0.25) is 0 Å². The van der Waals surface area contributed by atoms with Crippen LogP contribution in [0.3, 0.4) is 0 Å². The van der Waals surface area contributed by atoms with Crippen LogP contribution in [0.25, 0.3) is 16.9 Å². The molecule has 0 N–H and O–H groups in total. The quantitative estimate of drug-likeness (QED) is 0.401. The molecule has 3 aromatic rings. The number of halogens is 2. The van der Waals surface area contributed by atoms with Crippen LogP contribution in [0.4, 0.5) is 4.39 Å². The first kappa shape index (κ1) is 14.2. The molecule has 0 unspecified atom stereocenters. The first-order valence-electron chi connectivity index (χ1n) is 5.79. The number of hydrogen-bond acceptors (Lipinski definition) is 7. The molecule has 110 valence electrons. The molecule has 0 amide bonds. The van der Waals surface area contributed by atoms with Crippen LogP contribution >= 0.6 is 15.9 Å². The zero-order valence-corrected chi connectivity index (χ0v) is 12.2.